The molecule has 2 heterocycles. The van der Waals surface area contributed by atoms with Gasteiger partial charge in [-0.1, -0.05) is 25.1 Å². The average molecular weight is 404 g/mol. The smallest absolute Gasteiger partial charge is 0.276 e. The summed E-state index contributed by atoms with van der Waals surface area (Å²) in [6.45, 7) is 1.90. The van der Waals surface area contributed by atoms with E-state index in [2.05, 4.69) is 15.5 Å². The van der Waals surface area contributed by atoms with Crippen LogP contribution < -0.4 is 11.1 Å². The maximum absolute atomic E-state index is 12.7. The molecule has 2 amide bonds. The zero-order valence-electron chi connectivity index (χ0n) is 14.2. The molecule has 3 aromatic rings. The molecule has 140 valence electrons. The third-order valence-electron chi connectivity index (χ3n) is 3.76. The predicted octanol–water partition coefficient (Wildman–Crippen LogP) is 2.22. The number of hydrogen-bond acceptors (Lipinski definition) is 6. The van der Waals surface area contributed by atoms with Gasteiger partial charge < -0.3 is 11.1 Å². The van der Waals surface area contributed by atoms with Crippen molar-refractivity contribution in [3.63, 3.8) is 0 Å². The second-order valence-corrected chi connectivity index (χ2v) is 8.80. The van der Waals surface area contributed by atoms with Crippen molar-refractivity contribution in [1.29, 1.82) is 0 Å². The molecule has 8 nitrogen and oxygen atoms in total. The minimum Gasteiger partial charge on any atom is -0.366 e. The van der Waals surface area contributed by atoms with Crippen LogP contribution in [0.2, 0.25) is 0 Å². The number of anilines is 1. The van der Waals surface area contributed by atoms with Crippen molar-refractivity contribution < 1.29 is 18.0 Å². The largest absolute Gasteiger partial charge is 0.366 e. The number of primary amides is 1. The van der Waals surface area contributed by atoms with E-state index >= 15 is 0 Å². The first-order valence-electron chi connectivity index (χ1n) is 7.92. The molecular weight excluding hydrogens is 388 g/mol. The molecule has 4 N–H and O–H groups in total. The van der Waals surface area contributed by atoms with Gasteiger partial charge >= 0.3 is 0 Å². The van der Waals surface area contributed by atoms with Crippen molar-refractivity contribution in [2.75, 3.05) is 5.32 Å². The lowest BCUT2D eigenvalue weighted by atomic mass is 10.3. The SMILES string of the molecule is CCc1cc(C(=O)Nc2sc(S(=O)(=O)c3ccccc3)cc2C(N)=O)n[nH]1. The Morgan fingerprint density at radius 1 is 1.22 bits per heavy atom. The Balaban J connectivity index is 1.96. The highest BCUT2D eigenvalue weighted by molar-refractivity contribution is 7.93. The van der Waals surface area contributed by atoms with Crippen LogP contribution in [0.25, 0.3) is 0 Å². The van der Waals surface area contributed by atoms with E-state index < -0.39 is 21.7 Å². The maximum Gasteiger partial charge on any atom is 0.276 e. The van der Waals surface area contributed by atoms with E-state index in [0.29, 0.717) is 6.42 Å². The minimum atomic E-state index is -3.84. The van der Waals surface area contributed by atoms with E-state index in [1.807, 2.05) is 6.92 Å². The number of benzene rings is 1. The summed E-state index contributed by atoms with van der Waals surface area (Å²) in [5.41, 5.74) is 6.17. The van der Waals surface area contributed by atoms with Crippen LogP contribution in [0.3, 0.4) is 0 Å². The zero-order chi connectivity index (χ0) is 19.6. The number of H-pyrrole nitrogens is 1. The van der Waals surface area contributed by atoms with Crippen LogP contribution in [0.4, 0.5) is 5.00 Å². The third kappa shape index (κ3) is 3.76. The summed E-state index contributed by atoms with van der Waals surface area (Å²) in [7, 11) is -3.84. The Hall–Kier alpha value is -2.98. The molecule has 0 spiro atoms. The van der Waals surface area contributed by atoms with Gasteiger partial charge in [-0.3, -0.25) is 14.7 Å². The van der Waals surface area contributed by atoms with Crippen molar-refractivity contribution >= 4 is 38.0 Å². The number of aromatic amines is 1. The normalized spacial score (nSPS) is 11.3. The van der Waals surface area contributed by atoms with E-state index in [1.54, 1.807) is 24.3 Å². The Morgan fingerprint density at radius 2 is 1.93 bits per heavy atom. The molecule has 0 radical (unpaired) electrons. The van der Waals surface area contributed by atoms with Crippen molar-refractivity contribution in [3.05, 3.63) is 59.4 Å². The van der Waals surface area contributed by atoms with Crippen LogP contribution in [-0.4, -0.2) is 30.4 Å². The highest BCUT2D eigenvalue weighted by Crippen LogP contribution is 2.34. The summed E-state index contributed by atoms with van der Waals surface area (Å²) in [6.07, 6.45) is 0.672. The Kier molecular flexibility index (Phi) is 5.10. The fourth-order valence-electron chi connectivity index (χ4n) is 2.32. The lowest BCUT2D eigenvalue weighted by Crippen LogP contribution is -2.16. The Morgan fingerprint density at radius 3 is 2.52 bits per heavy atom. The van der Waals surface area contributed by atoms with Gasteiger partial charge in [-0.15, -0.1) is 11.3 Å². The zero-order valence-corrected chi connectivity index (χ0v) is 15.9. The van der Waals surface area contributed by atoms with Crippen LogP contribution in [0.5, 0.6) is 0 Å². The molecule has 3 rings (SSSR count). The summed E-state index contributed by atoms with van der Waals surface area (Å²) in [5.74, 6) is -1.41. The van der Waals surface area contributed by atoms with Crippen LogP contribution >= 0.6 is 11.3 Å². The number of hydrogen-bond donors (Lipinski definition) is 3. The first kappa shape index (κ1) is 18.8. The fraction of sp³-hybridized carbons (Fsp3) is 0.118. The monoisotopic (exact) mass is 404 g/mol. The maximum atomic E-state index is 12.7. The highest BCUT2D eigenvalue weighted by Gasteiger charge is 2.25. The molecule has 0 unspecified atom stereocenters. The topological polar surface area (TPSA) is 135 Å². The molecule has 0 fully saturated rings. The van der Waals surface area contributed by atoms with E-state index in [9.17, 15) is 18.0 Å². The van der Waals surface area contributed by atoms with Crippen LogP contribution in [0, 0.1) is 0 Å². The van der Waals surface area contributed by atoms with Gasteiger partial charge in [-0.25, -0.2) is 8.42 Å². The summed E-state index contributed by atoms with van der Waals surface area (Å²) >= 11 is 0.766. The average Bonchev–Trinajstić information content (AvgIpc) is 3.29. The summed E-state index contributed by atoms with van der Waals surface area (Å²) in [4.78, 5) is 24.2. The molecule has 0 aliphatic heterocycles. The number of amides is 2. The molecule has 1 aromatic carbocycles. The van der Waals surface area contributed by atoms with E-state index in [-0.39, 0.29) is 25.4 Å². The fourth-order valence-corrected chi connectivity index (χ4v) is 5.11. The number of nitrogens with zero attached hydrogens (tertiary/aromatic N) is 1. The molecule has 0 aliphatic rings. The summed E-state index contributed by atoms with van der Waals surface area (Å²) < 4.78 is 25.4. The predicted molar refractivity (Wildman–Crippen MR) is 101 cm³/mol. The number of aryl methyl sites for hydroxylation is 1. The molecule has 0 bridgehead atoms. The Labute approximate surface area is 159 Å². The molecule has 10 heteroatoms. The molecule has 0 aliphatic carbocycles. The van der Waals surface area contributed by atoms with Gasteiger partial charge in [0.1, 0.15) is 9.21 Å². The van der Waals surface area contributed by atoms with Crippen molar-refractivity contribution in [2.45, 2.75) is 22.4 Å². The van der Waals surface area contributed by atoms with Gasteiger partial charge in [-0.2, -0.15) is 5.10 Å². The number of sulfone groups is 1. The van der Waals surface area contributed by atoms with Crippen molar-refractivity contribution in [2.24, 2.45) is 5.73 Å². The van der Waals surface area contributed by atoms with Gasteiger partial charge in [0.25, 0.3) is 11.8 Å². The van der Waals surface area contributed by atoms with Crippen LogP contribution in [0.1, 0.15) is 33.5 Å². The molecule has 2 aromatic heterocycles. The first-order chi connectivity index (χ1) is 12.8. The van der Waals surface area contributed by atoms with E-state index in [1.165, 1.54) is 18.2 Å². The second kappa shape index (κ2) is 7.33. The minimum absolute atomic E-state index is 0.0584. The van der Waals surface area contributed by atoms with Crippen LogP contribution in [-0.2, 0) is 16.3 Å². The Bertz CT molecular complexity index is 1100. The second-order valence-electron chi connectivity index (χ2n) is 5.58. The molecular formula is C17H16N4O4S2. The van der Waals surface area contributed by atoms with E-state index in [4.69, 9.17) is 5.73 Å². The number of nitrogens with one attached hydrogen (secondary N) is 2. The number of thiophene rings is 1. The number of aromatic nitrogens is 2. The third-order valence-corrected chi connectivity index (χ3v) is 7.06. The number of carbonyl (C=O) groups excluding carboxylic acids is 2. The van der Waals surface area contributed by atoms with Gasteiger partial charge in [0.2, 0.25) is 9.84 Å². The van der Waals surface area contributed by atoms with Crippen LogP contribution in [0.15, 0.2) is 51.6 Å². The summed E-state index contributed by atoms with van der Waals surface area (Å²) in [6, 6.07) is 10.5. The molecule has 0 saturated carbocycles. The van der Waals surface area contributed by atoms with E-state index in [0.717, 1.165) is 17.0 Å². The van der Waals surface area contributed by atoms with Crippen molar-refractivity contribution in [3.8, 4) is 0 Å². The van der Waals surface area contributed by atoms with Crippen molar-refractivity contribution in [1.82, 2.24) is 10.2 Å². The summed E-state index contributed by atoms with van der Waals surface area (Å²) in [5, 5.41) is 9.19. The first-order valence-corrected chi connectivity index (χ1v) is 10.2. The molecule has 0 saturated heterocycles. The highest BCUT2D eigenvalue weighted by atomic mass is 32.2. The lowest BCUT2D eigenvalue weighted by molar-refractivity contribution is 0.100. The number of rotatable bonds is 6. The number of carbonyl (C=O) groups is 2. The van der Waals surface area contributed by atoms with Gasteiger partial charge in [0.05, 0.1) is 10.5 Å². The molecule has 0 atom stereocenters. The lowest BCUT2D eigenvalue weighted by Gasteiger charge is -2.02. The van der Waals surface area contributed by atoms with Gasteiger partial charge in [-0.05, 0) is 30.7 Å². The quantitative estimate of drug-likeness (QED) is 0.579. The molecule has 27 heavy (non-hydrogen) atoms. The number of nitrogens with two attached hydrogens (primary N) is 1. The standard InChI is InChI=1S/C17H16N4O4S2/c1-2-10-8-13(21-20-10)16(23)19-17-12(15(18)22)9-14(26-17)27(24,25)11-6-4-3-5-7-11/h3-9H,2H2,1H3,(H2,18,22)(H,19,23)(H,20,21). The van der Waals surface area contributed by atoms with Gasteiger partial charge in [0.15, 0.2) is 5.69 Å². The van der Waals surface area contributed by atoms with Gasteiger partial charge in [0, 0.05) is 5.69 Å².